The molecule has 3 atom stereocenters. The summed E-state index contributed by atoms with van der Waals surface area (Å²) in [4.78, 5) is 22.6. The zero-order valence-electron chi connectivity index (χ0n) is 22.9. The van der Waals surface area contributed by atoms with Crippen molar-refractivity contribution < 1.29 is 4.79 Å². The van der Waals surface area contributed by atoms with Crippen molar-refractivity contribution in [3.8, 4) is 6.07 Å². The number of carbonyl (C=O) groups is 1. The fourth-order valence-electron chi connectivity index (χ4n) is 6.68. The van der Waals surface area contributed by atoms with Crippen LogP contribution >= 0.6 is 0 Å². The first kappa shape index (κ1) is 25.5. The van der Waals surface area contributed by atoms with Crippen LogP contribution in [-0.4, -0.2) is 64.3 Å². The lowest BCUT2D eigenvalue weighted by Crippen LogP contribution is -2.51. The molecular formula is C30H36N8O. The van der Waals surface area contributed by atoms with Crippen LogP contribution in [0.2, 0.25) is 0 Å². The van der Waals surface area contributed by atoms with Crippen LogP contribution in [-0.2, 0) is 11.2 Å². The number of nitrogens with one attached hydrogen (secondary N) is 2. The molecule has 1 aromatic carbocycles. The molecule has 1 amide bonds. The van der Waals surface area contributed by atoms with Gasteiger partial charge in [-0.25, -0.2) is 4.98 Å². The second kappa shape index (κ2) is 10.4. The van der Waals surface area contributed by atoms with Gasteiger partial charge in [-0.1, -0.05) is 18.2 Å². The molecule has 9 nitrogen and oxygen atoms in total. The Balaban J connectivity index is 1.24. The van der Waals surface area contributed by atoms with Crippen LogP contribution in [0.1, 0.15) is 54.6 Å². The number of nitriles is 1. The molecule has 9 heteroatoms. The lowest BCUT2D eigenvalue weighted by molar-refractivity contribution is -0.137. The summed E-state index contributed by atoms with van der Waals surface area (Å²) in [5.41, 5.74) is 4.16. The van der Waals surface area contributed by atoms with Gasteiger partial charge in [-0.15, -0.1) is 5.10 Å². The molecule has 3 saturated heterocycles. The van der Waals surface area contributed by atoms with Gasteiger partial charge in [-0.2, -0.15) is 10.4 Å². The second-order valence-electron chi connectivity index (χ2n) is 11.3. The standard InChI is InChI=1S/C30H36N8O/c1-18-21(7-10-31)5-4-6-25(18)19(2)34-29-26-14-28(33-15-27(26)20(3)35-36-29)37-16-24-13-23(37)17-38(24)30(39)22-8-11-32-12-9-22/h4-6,14-15,19,22-24,32H,7-9,11-13,16-17H2,1-3H3,(H,34,36)/t19-,23?,24?/m1/s1. The van der Waals surface area contributed by atoms with Crippen molar-refractivity contribution in [2.75, 3.05) is 36.4 Å². The predicted molar refractivity (Wildman–Crippen MR) is 151 cm³/mol. The van der Waals surface area contributed by atoms with Crippen LogP contribution in [0, 0.1) is 31.1 Å². The Bertz CT molecular complexity index is 1440. The van der Waals surface area contributed by atoms with E-state index >= 15 is 0 Å². The highest BCUT2D eigenvalue weighted by atomic mass is 16.2. The smallest absolute Gasteiger partial charge is 0.226 e. The van der Waals surface area contributed by atoms with Crippen LogP contribution in [0.15, 0.2) is 30.5 Å². The Morgan fingerprint density at radius 3 is 2.74 bits per heavy atom. The number of aromatic nitrogens is 3. The van der Waals surface area contributed by atoms with Gasteiger partial charge < -0.3 is 20.4 Å². The Kier molecular flexibility index (Phi) is 6.81. The molecule has 0 radical (unpaired) electrons. The summed E-state index contributed by atoms with van der Waals surface area (Å²) >= 11 is 0. The first-order chi connectivity index (χ1) is 18.9. The number of amides is 1. The summed E-state index contributed by atoms with van der Waals surface area (Å²) in [6, 6.07) is 11.0. The third-order valence-electron chi connectivity index (χ3n) is 8.92. The van der Waals surface area contributed by atoms with E-state index < -0.39 is 0 Å². The maximum absolute atomic E-state index is 13.2. The van der Waals surface area contributed by atoms with Crippen molar-refractivity contribution >= 4 is 28.3 Å². The summed E-state index contributed by atoms with van der Waals surface area (Å²) in [6.07, 6.45) is 5.20. The first-order valence-electron chi connectivity index (χ1n) is 14.1. The molecular weight excluding hydrogens is 488 g/mol. The summed E-state index contributed by atoms with van der Waals surface area (Å²) in [6.45, 7) is 9.62. The fraction of sp³-hybridized carbons (Fsp3) is 0.500. The minimum atomic E-state index is -0.0159. The Labute approximate surface area is 229 Å². The molecule has 3 aromatic rings. The molecule has 0 saturated carbocycles. The van der Waals surface area contributed by atoms with Crippen LogP contribution in [0.5, 0.6) is 0 Å². The van der Waals surface area contributed by atoms with Crippen LogP contribution in [0.3, 0.4) is 0 Å². The van der Waals surface area contributed by atoms with Crippen molar-refractivity contribution in [1.29, 1.82) is 5.26 Å². The van der Waals surface area contributed by atoms with Gasteiger partial charge >= 0.3 is 0 Å². The molecule has 0 spiro atoms. The van der Waals surface area contributed by atoms with Crippen molar-refractivity contribution in [2.45, 2.75) is 64.6 Å². The third kappa shape index (κ3) is 4.67. The molecule has 3 aliphatic heterocycles. The molecule has 202 valence electrons. The molecule has 2 aromatic heterocycles. The second-order valence-corrected chi connectivity index (χ2v) is 11.3. The van der Waals surface area contributed by atoms with Crippen molar-refractivity contribution in [3.63, 3.8) is 0 Å². The minimum absolute atomic E-state index is 0.0159. The number of pyridine rings is 1. The summed E-state index contributed by atoms with van der Waals surface area (Å²) in [5.74, 6) is 2.16. The van der Waals surface area contributed by atoms with Crippen molar-refractivity contribution in [2.24, 2.45) is 5.92 Å². The molecule has 39 heavy (non-hydrogen) atoms. The van der Waals surface area contributed by atoms with Crippen LogP contribution in [0.25, 0.3) is 10.8 Å². The number of nitrogens with zero attached hydrogens (tertiary/aromatic N) is 6. The van der Waals surface area contributed by atoms with E-state index in [1.165, 1.54) is 0 Å². The van der Waals surface area contributed by atoms with E-state index in [2.05, 4.69) is 62.7 Å². The largest absolute Gasteiger partial charge is 0.362 e. The Morgan fingerprint density at radius 2 is 2.00 bits per heavy atom. The Hall–Kier alpha value is -3.77. The van der Waals surface area contributed by atoms with E-state index in [1.807, 2.05) is 25.3 Å². The van der Waals surface area contributed by atoms with Crippen molar-refractivity contribution in [1.82, 2.24) is 25.4 Å². The lowest BCUT2D eigenvalue weighted by Gasteiger charge is -2.37. The number of anilines is 2. The number of benzene rings is 1. The molecule has 2 N–H and O–H groups in total. The highest BCUT2D eigenvalue weighted by Crippen LogP contribution is 2.37. The summed E-state index contributed by atoms with van der Waals surface area (Å²) < 4.78 is 0. The van der Waals surface area contributed by atoms with E-state index in [9.17, 15) is 10.1 Å². The van der Waals surface area contributed by atoms with Crippen LogP contribution in [0.4, 0.5) is 11.6 Å². The number of piperidine rings is 1. The Morgan fingerprint density at radius 1 is 1.18 bits per heavy atom. The number of hydrogen-bond acceptors (Lipinski definition) is 8. The number of rotatable bonds is 6. The average molecular weight is 525 g/mol. The maximum Gasteiger partial charge on any atom is 0.226 e. The van der Waals surface area contributed by atoms with E-state index in [-0.39, 0.29) is 18.0 Å². The molecule has 3 fully saturated rings. The van der Waals surface area contributed by atoms with E-state index in [0.29, 0.717) is 18.4 Å². The number of hydrogen-bond donors (Lipinski definition) is 2. The van der Waals surface area contributed by atoms with E-state index in [0.717, 1.165) is 90.2 Å². The number of fused-ring (bicyclic) bond motifs is 3. The topological polar surface area (TPSA) is 110 Å². The highest BCUT2D eigenvalue weighted by Gasteiger charge is 2.47. The van der Waals surface area contributed by atoms with Gasteiger partial charge in [0, 0.05) is 36.0 Å². The predicted octanol–water partition coefficient (Wildman–Crippen LogP) is 3.67. The number of piperazine rings is 1. The van der Waals surface area contributed by atoms with E-state index in [4.69, 9.17) is 4.98 Å². The minimum Gasteiger partial charge on any atom is -0.362 e. The highest BCUT2D eigenvalue weighted by molar-refractivity contribution is 5.94. The quantitative estimate of drug-likeness (QED) is 0.503. The molecule has 0 aliphatic carbocycles. The molecule has 6 rings (SSSR count). The monoisotopic (exact) mass is 524 g/mol. The van der Waals surface area contributed by atoms with Gasteiger partial charge in [0.15, 0.2) is 5.82 Å². The van der Waals surface area contributed by atoms with Crippen molar-refractivity contribution in [3.05, 3.63) is 52.8 Å². The maximum atomic E-state index is 13.2. The van der Waals surface area contributed by atoms with Gasteiger partial charge in [0.05, 0.1) is 36.3 Å². The summed E-state index contributed by atoms with van der Waals surface area (Å²) in [5, 5.41) is 27.1. The third-order valence-corrected chi connectivity index (χ3v) is 8.92. The number of aryl methyl sites for hydroxylation is 1. The normalized spacial score (nSPS) is 21.8. The molecule has 2 bridgehead atoms. The van der Waals surface area contributed by atoms with Crippen LogP contribution < -0.4 is 15.5 Å². The van der Waals surface area contributed by atoms with Gasteiger partial charge in [-0.3, -0.25) is 4.79 Å². The summed E-state index contributed by atoms with van der Waals surface area (Å²) in [7, 11) is 0. The number of likely N-dealkylation sites (tertiary alicyclic amines) is 1. The number of carbonyl (C=O) groups excluding carboxylic acids is 1. The molecule has 2 unspecified atom stereocenters. The van der Waals surface area contributed by atoms with Gasteiger partial charge in [0.2, 0.25) is 5.91 Å². The first-order valence-corrected chi connectivity index (χ1v) is 14.1. The van der Waals surface area contributed by atoms with E-state index in [1.54, 1.807) is 0 Å². The average Bonchev–Trinajstić information content (AvgIpc) is 3.57. The molecule has 5 heterocycles. The zero-order chi connectivity index (χ0) is 27.1. The van der Waals surface area contributed by atoms with Gasteiger partial charge in [0.25, 0.3) is 0 Å². The SMILES string of the molecule is Cc1c(CC#N)cccc1[C@@H](C)Nc1nnc(C)c2cnc(N3CC4CC3CN4C(=O)C3CCNCC3)cc12. The molecule has 3 aliphatic rings. The van der Waals surface area contributed by atoms with Gasteiger partial charge in [0.1, 0.15) is 5.82 Å². The lowest BCUT2D eigenvalue weighted by atomic mass is 9.96. The zero-order valence-corrected chi connectivity index (χ0v) is 22.9. The van der Waals surface area contributed by atoms with Gasteiger partial charge in [-0.05, 0) is 75.9 Å². The fourth-order valence-corrected chi connectivity index (χ4v) is 6.68.